The van der Waals surface area contributed by atoms with Crippen LogP contribution >= 0.6 is 11.6 Å². The molecule has 0 spiro atoms. The van der Waals surface area contributed by atoms with Crippen molar-refractivity contribution in [3.8, 4) is 17.2 Å². The Bertz CT molecular complexity index is 1400. The van der Waals surface area contributed by atoms with Crippen LogP contribution in [0.3, 0.4) is 0 Å². The molecule has 7 heteroatoms. The summed E-state index contributed by atoms with van der Waals surface area (Å²) >= 11 is 6.82. The van der Waals surface area contributed by atoms with Gasteiger partial charge >= 0.3 is 0 Å². The van der Waals surface area contributed by atoms with E-state index in [1.54, 1.807) is 41.3 Å². The van der Waals surface area contributed by atoms with Crippen LogP contribution in [0.25, 0.3) is 0 Å². The summed E-state index contributed by atoms with van der Waals surface area (Å²) in [6.45, 7) is 5.52. The Labute approximate surface area is 215 Å². The standard InChI is InChI=1S/C29H27ClN2O4/c1-17(33)32-23-10-7-11-24(34)27(23)31-22-15-29(2,3)16-25(35)26(22)28(32)20-13-12-19(14-21(20)30)36-18-8-5-4-6-9-18/h4-14,28,31,34H,15-16H2,1-3H3. The molecule has 2 aliphatic rings. The molecule has 6 nitrogen and oxygen atoms in total. The number of hydrogen-bond donors (Lipinski definition) is 2. The maximum absolute atomic E-state index is 13.6. The van der Waals surface area contributed by atoms with E-state index in [4.69, 9.17) is 16.3 Å². The van der Waals surface area contributed by atoms with E-state index in [1.807, 2.05) is 44.2 Å². The normalized spacial score (nSPS) is 18.6. The van der Waals surface area contributed by atoms with Crippen LogP contribution in [0.2, 0.25) is 5.02 Å². The number of aromatic hydroxyl groups is 1. The molecule has 5 rings (SSSR count). The number of hydrogen-bond acceptors (Lipinski definition) is 5. The van der Waals surface area contributed by atoms with Crippen LogP contribution in [0.15, 0.2) is 78.0 Å². The number of phenols is 1. The van der Waals surface area contributed by atoms with Crippen LogP contribution in [0.5, 0.6) is 17.2 Å². The number of amides is 1. The van der Waals surface area contributed by atoms with Gasteiger partial charge in [-0.05, 0) is 53.8 Å². The predicted molar refractivity (Wildman–Crippen MR) is 141 cm³/mol. The first-order valence-electron chi connectivity index (χ1n) is 11.8. The van der Waals surface area contributed by atoms with Gasteiger partial charge in [0.15, 0.2) is 5.78 Å². The lowest BCUT2D eigenvalue weighted by molar-refractivity contribution is -0.118. The van der Waals surface area contributed by atoms with E-state index < -0.39 is 6.04 Å². The first kappa shape index (κ1) is 23.9. The molecule has 1 atom stereocenters. The summed E-state index contributed by atoms with van der Waals surface area (Å²) in [6.07, 6.45) is 0.918. The average Bonchev–Trinajstić information content (AvgIpc) is 2.94. The van der Waals surface area contributed by atoms with Crippen LogP contribution in [0.4, 0.5) is 11.4 Å². The van der Waals surface area contributed by atoms with E-state index in [1.165, 1.54) is 6.92 Å². The summed E-state index contributed by atoms with van der Waals surface area (Å²) in [6, 6.07) is 18.9. The summed E-state index contributed by atoms with van der Waals surface area (Å²) < 4.78 is 5.94. The fraction of sp³-hybridized carbons (Fsp3) is 0.241. The topological polar surface area (TPSA) is 78.9 Å². The molecule has 36 heavy (non-hydrogen) atoms. The Hall–Kier alpha value is -3.77. The van der Waals surface area contributed by atoms with Crippen LogP contribution < -0.4 is 15.0 Å². The number of fused-ring (bicyclic) bond motifs is 1. The second-order valence-electron chi connectivity index (χ2n) is 10.0. The van der Waals surface area contributed by atoms with E-state index in [0.717, 1.165) is 0 Å². The summed E-state index contributed by atoms with van der Waals surface area (Å²) in [5.74, 6) is 0.877. The molecular weight excluding hydrogens is 476 g/mol. The highest BCUT2D eigenvalue weighted by Gasteiger charge is 2.43. The number of halogens is 1. The van der Waals surface area contributed by atoms with E-state index in [-0.39, 0.29) is 22.9 Å². The first-order valence-corrected chi connectivity index (χ1v) is 12.2. The first-order chi connectivity index (χ1) is 17.1. The van der Waals surface area contributed by atoms with Crippen LogP contribution in [-0.4, -0.2) is 16.8 Å². The summed E-state index contributed by atoms with van der Waals surface area (Å²) in [5.41, 5.74) is 2.38. The lowest BCUT2D eigenvalue weighted by Gasteiger charge is -2.37. The highest BCUT2D eigenvalue weighted by atomic mass is 35.5. The Balaban J connectivity index is 1.69. The molecule has 0 fully saturated rings. The Morgan fingerprint density at radius 2 is 1.81 bits per heavy atom. The quantitative estimate of drug-likeness (QED) is 0.377. The fourth-order valence-corrected chi connectivity index (χ4v) is 5.38. The Kier molecular flexibility index (Phi) is 6.00. The van der Waals surface area contributed by atoms with Gasteiger partial charge in [-0.1, -0.05) is 55.8 Å². The van der Waals surface area contributed by atoms with Crippen molar-refractivity contribution in [1.82, 2.24) is 0 Å². The lowest BCUT2D eigenvalue weighted by atomic mass is 9.73. The Morgan fingerprint density at radius 3 is 2.50 bits per heavy atom. The number of nitrogens with one attached hydrogen (secondary N) is 1. The third-order valence-corrected chi connectivity index (χ3v) is 6.92. The number of rotatable bonds is 3. The summed E-state index contributed by atoms with van der Waals surface area (Å²) in [7, 11) is 0. The van der Waals surface area contributed by atoms with Gasteiger partial charge in [0.25, 0.3) is 0 Å². The summed E-state index contributed by atoms with van der Waals surface area (Å²) in [5, 5.41) is 14.4. The van der Waals surface area contributed by atoms with Crippen molar-refractivity contribution in [3.63, 3.8) is 0 Å². The Morgan fingerprint density at radius 1 is 1.06 bits per heavy atom. The monoisotopic (exact) mass is 502 g/mol. The number of nitrogens with zero attached hydrogens (tertiary/aromatic N) is 1. The molecule has 0 saturated heterocycles. The highest BCUT2D eigenvalue weighted by molar-refractivity contribution is 6.31. The minimum atomic E-state index is -0.769. The second-order valence-corrected chi connectivity index (χ2v) is 10.4. The number of Topliss-reactive ketones (excluding diaryl/α,β-unsaturated/α-hetero) is 1. The number of phenolic OH excluding ortho intramolecular Hbond substituents is 1. The molecule has 184 valence electrons. The number of carbonyl (C=O) groups is 2. The van der Waals surface area contributed by atoms with Crippen molar-refractivity contribution < 1.29 is 19.4 Å². The van der Waals surface area contributed by atoms with E-state index in [2.05, 4.69) is 5.32 Å². The number of anilines is 2. The van der Waals surface area contributed by atoms with Gasteiger partial charge < -0.3 is 15.2 Å². The molecular formula is C29H27ClN2O4. The van der Waals surface area contributed by atoms with Crippen molar-refractivity contribution in [3.05, 3.63) is 88.6 Å². The van der Waals surface area contributed by atoms with Crippen molar-refractivity contribution in [1.29, 1.82) is 0 Å². The number of benzene rings is 3. The van der Waals surface area contributed by atoms with Crippen molar-refractivity contribution in [2.75, 3.05) is 10.2 Å². The van der Waals surface area contributed by atoms with Crippen LogP contribution in [0, 0.1) is 5.41 Å². The van der Waals surface area contributed by atoms with Crippen LogP contribution in [-0.2, 0) is 9.59 Å². The van der Waals surface area contributed by atoms with Gasteiger partial charge in [-0.25, -0.2) is 0 Å². The predicted octanol–water partition coefficient (Wildman–Crippen LogP) is 7.00. The number of carbonyl (C=O) groups excluding carboxylic acids is 2. The van der Waals surface area contributed by atoms with Crippen LogP contribution in [0.1, 0.15) is 45.2 Å². The van der Waals surface area contributed by atoms with Gasteiger partial charge in [0, 0.05) is 29.6 Å². The average molecular weight is 503 g/mol. The molecule has 1 aliphatic carbocycles. The molecule has 1 aliphatic heterocycles. The fourth-order valence-electron chi connectivity index (χ4n) is 5.10. The van der Waals surface area contributed by atoms with Crippen molar-refractivity contribution >= 4 is 34.7 Å². The number of ketones is 1. The molecule has 3 aromatic carbocycles. The smallest absolute Gasteiger partial charge is 0.224 e. The van der Waals surface area contributed by atoms with E-state index in [0.29, 0.717) is 57.6 Å². The molecule has 0 radical (unpaired) electrons. The second kappa shape index (κ2) is 9.03. The molecule has 0 aromatic heterocycles. The van der Waals surface area contributed by atoms with Gasteiger partial charge in [-0.3, -0.25) is 14.5 Å². The van der Waals surface area contributed by atoms with Crippen molar-refractivity contribution in [2.45, 2.75) is 39.7 Å². The van der Waals surface area contributed by atoms with Gasteiger partial charge in [-0.15, -0.1) is 0 Å². The highest BCUT2D eigenvalue weighted by Crippen LogP contribution is 2.51. The SMILES string of the molecule is CC(=O)N1c2cccc(O)c2NC2=C(C(=O)CC(C)(C)C2)C1c1ccc(Oc2ccccc2)cc1Cl. The maximum atomic E-state index is 13.6. The minimum absolute atomic E-state index is 0.000199. The number of allylic oxidation sites excluding steroid dienone is 1. The van der Waals surface area contributed by atoms with E-state index >= 15 is 0 Å². The molecule has 1 amide bonds. The van der Waals surface area contributed by atoms with Gasteiger partial charge in [0.1, 0.15) is 22.9 Å². The summed E-state index contributed by atoms with van der Waals surface area (Å²) in [4.78, 5) is 28.3. The number of ether oxygens (including phenoxy) is 1. The third-order valence-electron chi connectivity index (χ3n) is 6.59. The molecule has 0 bridgehead atoms. The molecule has 1 unspecified atom stereocenters. The van der Waals surface area contributed by atoms with E-state index in [9.17, 15) is 14.7 Å². The van der Waals surface area contributed by atoms with Gasteiger partial charge in [-0.2, -0.15) is 0 Å². The molecule has 0 saturated carbocycles. The van der Waals surface area contributed by atoms with Crippen molar-refractivity contribution in [2.24, 2.45) is 5.41 Å². The van der Waals surface area contributed by atoms with Gasteiger partial charge in [0.2, 0.25) is 5.91 Å². The zero-order chi connectivity index (χ0) is 25.6. The number of para-hydroxylation sites is 2. The maximum Gasteiger partial charge on any atom is 0.224 e. The lowest BCUT2D eigenvalue weighted by Crippen LogP contribution is -2.38. The zero-order valence-electron chi connectivity index (χ0n) is 20.3. The third kappa shape index (κ3) is 4.33. The molecule has 2 N–H and O–H groups in total. The van der Waals surface area contributed by atoms with Gasteiger partial charge in [0.05, 0.1) is 11.7 Å². The zero-order valence-corrected chi connectivity index (χ0v) is 21.1. The molecule has 3 aromatic rings. The minimum Gasteiger partial charge on any atom is -0.506 e. The molecule has 1 heterocycles. The largest absolute Gasteiger partial charge is 0.506 e.